The summed E-state index contributed by atoms with van der Waals surface area (Å²) in [7, 11) is 0. The fraction of sp³-hybridized carbons (Fsp3) is 0.600. The molecule has 1 aromatic carbocycles. The summed E-state index contributed by atoms with van der Waals surface area (Å²) in [5, 5.41) is 2.78. The zero-order valence-corrected chi connectivity index (χ0v) is 13.2. The Morgan fingerprint density at radius 3 is 2.19 bits per heavy atom. The first-order valence-corrected chi connectivity index (χ1v) is 7.59. The molecule has 1 N–H and O–H groups in total. The van der Waals surface area contributed by atoms with E-state index in [-0.39, 0.29) is 25.2 Å². The molecule has 1 aromatic rings. The van der Waals surface area contributed by atoms with Crippen molar-refractivity contribution in [3.63, 3.8) is 0 Å². The van der Waals surface area contributed by atoms with Crippen molar-refractivity contribution >= 4 is 0 Å². The molecule has 1 aliphatic rings. The normalized spacial score (nSPS) is 21.2. The van der Waals surface area contributed by atoms with E-state index in [9.17, 15) is 35.1 Å². The zero-order chi connectivity index (χ0) is 19.5. The van der Waals surface area contributed by atoms with Crippen molar-refractivity contribution in [2.24, 2.45) is 0 Å². The maximum absolute atomic E-state index is 13.5. The molecular weight excluding hydrogens is 376 g/mol. The van der Waals surface area contributed by atoms with Gasteiger partial charge in [0.1, 0.15) is 6.04 Å². The molecule has 1 unspecified atom stereocenters. The molecule has 0 spiro atoms. The molecule has 1 saturated heterocycles. The lowest BCUT2D eigenvalue weighted by Gasteiger charge is -2.39. The summed E-state index contributed by atoms with van der Waals surface area (Å²) in [4.78, 5) is 0.999. The van der Waals surface area contributed by atoms with Crippen molar-refractivity contribution in [1.82, 2.24) is 10.2 Å². The maximum Gasteiger partial charge on any atom is 0.416 e. The number of piperazine rings is 1. The standard InChI is InChI=1S/C15H16F8N2O/c16-13(17)26-8-11-7-25(6-5-24-11)12(15(21,22)23)9-1-3-10(4-2-9)14(18,19)20/h1-4,11-13,24H,5-8H2/t11-,12?/m0/s1. The Labute approximate surface area is 143 Å². The lowest BCUT2D eigenvalue weighted by atomic mass is 10.0. The molecule has 148 valence electrons. The summed E-state index contributed by atoms with van der Waals surface area (Å²) in [5.74, 6) is 0. The number of ether oxygens (including phenoxy) is 1. The van der Waals surface area contributed by atoms with Crippen molar-refractivity contribution < 1.29 is 39.9 Å². The second-order valence-electron chi connectivity index (χ2n) is 5.80. The molecule has 0 saturated carbocycles. The van der Waals surface area contributed by atoms with Crippen LogP contribution in [0.15, 0.2) is 24.3 Å². The molecule has 1 aliphatic heterocycles. The Balaban J connectivity index is 2.19. The van der Waals surface area contributed by atoms with Crippen LogP contribution in [0, 0.1) is 0 Å². The average molecular weight is 392 g/mol. The number of benzene rings is 1. The van der Waals surface area contributed by atoms with Gasteiger partial charge in [0.05, 0.1) is 12.2 Å². The minimum atomic E-state index is -4.74. The van der Waals surface area contributed by atoms with E-state index in [4.69, 9.17) is 0 Å². The summed E-state index contributed by atoms with van der Waals surface area (Å²) >= 11 is 0. The fourth-order valence-electron chi connectivity index (χ4n) is 2.85. The van der Waals surface area contributed by atoms with Crippen LogP contribution in [-0.4, -0.2) is 50.0 Å². The van der Waals surface area contributed by atoms with Gasteiger partial charge in [-0.05, 0) is 17.7 Å². The molecule has 26 heavy (non-hydrogen) atoms. The summed E-state index contributed by atoms with van der Waals surface area (Å²) in [5.41, 5.74) is -1.40. The first kappa shape index (κ1) is 20.8. The van der Waals surface area contributed by atoms with Crippen LogP contribution in [0.5, 0.6) is 0 Å². The highest BCUT2D eigenvalue weighted by Gasteiger charge is 2.46. The number of halogens is 8. The summed E-state index contributed by atoms with van der Waals surface area (Å²) < 4.78 is 107. The van der Waals surface area contributed by atoms with Crippen molar-refractivity contribution in [2.75, 3.05) is 26.2 Å². The van der Waals surface area contributed by atoms with Crippen LogP contribution in [-0.2, 0) is 10.9 Å². The third-order valence-electron chi connectivity index (χ3n) is 3.94. The van der Waals surface area contributed by atoms with Crippen LogP contribution in [0.2, 0.25) is 0 Å². The average Bonchev–Trinajstić information content (AvgIpc) is 2.52. The van der Waals surface area contributed by atoms with Gasteiger partial charge in [0.15, 0.2) is 0 Å². The second kappa shape index (κ2) is 8.05. The molecule has 2 atom stereocenters. The molecule has 0 bridgehead atoms. The van der Waals surface area contributed by atoms with Gasteiger partial charge >= 0.3 is 19.0 Å². The van der Waals surface area contributed by atoms with Crippen LogP contribution >= 0.6 is 0 Å². The summed E-state index contributed by atoms with van der Waals surface area (Å²) in [6.45, 7) is -3.70. The molecule has 1 heterocycles. The molecule has 1 fully saturated rings. The van der Waals surface area contributed by atoms with Gasteiger partial charge in [0.25, 0.3) is 0 Å². The van der Waals surface area contributed by atoms with Crippen molar-refractivity contribution in [1.29, 1.82) is 0 Å². The number of rotatable bonds is 5. The van der Waals surface area contributed by atoms with Gasteiger partial charge in [0.2, 0.25) is 0 Å². The Hall–Kier alpha value is -1.46. The van der Waals surface area contributed by atoms with Gasteiger partial charge in [-0.1, -0.05) is 12.1 Å². The number of hydrogen-bond donors (Lipinski definition) is 1. The summed E-state index contributed by atoms with van der Waals surface area (Å²) in [6.07, 6.45) is -9.40. The molecule has 11 heteroatoms. The molecule has 3 nitrogen and oxygen atoms in total. The maximum atomic E-state index is 13.5. The largest absolute Gasteiger partial charge is 0.416 e. The first-order chi connectivity index (χ1) is 12.0. The highest BCUT2D eigenvalue weighted by atomic mass is 19.4. The van der Waals surface area contributed by atoms with E-state index in [0.717, 1.165) is 17.0 Å². The minimum absolute atomic E-state index is 0.0453. The number of hydrogen-bond acceptors (Lipinski definition) is 3. The predicted octanol–water partition coefficient (Wildman–Crippen LogP) is 3.82. The topological polar surface area (TPSA) is 24.5 Å². The number of nitrogens with zero attached hydrogens (tertiary/aromatic N) is 1. The van der Waals surface area contributed by atoms with Gasteiger partial charge in [-0.2, -0.15) is 35.1 Å². The van der Waals surface area contributed by atoms with E-state index in [1.807, 2.05) is 0 Å². The van der Waals surface area contributed by atoms with E-state index in [1.54, 1.807) is 0 Å². The highest BCUT2D eigenvalue weighted by molar-refractivity contribution is 5.28. The fourth-order valence-corrected chi connectivity index (χ4v) is 2.85. The molecular formula is C15H16F8N2O. The van der Waals surface area contributed by atoms with Gasteiger partial charge in [-0.15, -0.1) is 0 Å². The minimum Gasteiger partial charge on any atom is -0.321 e. The third kappa shape index (κ3) is 5.52. The first-order valence-electron chi connectivity index (χ1n) is 7.59. The third-order valence-corrected chi connectivity index (χ3v) is 3.94. The second-order valence-corrected chi connectivity index (χ2v) is 5.80. The lowest BCUT2D eigenvalue weighted by Crippen LogP contribution is -2.55. The quantitative estimate of drug-likeness (QED) is 0.772. The van der Waals surface area contributed by atoms with E-state index in [0.29, 0.717) is 12.1 Å². The van der Waals surface area contributed by atoms with Crippen LogP contribution in [0.3, 0.4) is 0 Å². The smallest absolute Gasteiger partial charge is 0.321 e. The van der Waals surface area contributed by atoms with Gasteiger partial charge in [-0.25, -0.2) is 0 Å². The van der Waals surface area contributed by atoms with Crippen molar-refractivity contribution in [2.45, 2.75) is 31.0 Å². The highest BCUT2D eigenvalue weighted by Crippen LogP contribution is 2.39. The Morgan fingerprint density at radius 1 is 1.08 bits per heavy atom. The SMILES string of the molecule is FC(F)OC[C@@H]1CN(C(c2ccc(C(F)(F)F)cc2)C(F)(F)F)CCN1. The Kier molecular flexibility index (Phi) is 6.46. The molecule has 2 rings (SSSR count). The van der Waals surface area contributed by atoms with Gasteiger partial charge < -0.3 is 10.1 Å². The van der Waals surface area contributed by atoms with Gasteiger partial charge in [0, 0.05) is 25.7 Å². The molecule has 0 aromatic heterocycles. The number of alkyl halides is 8. The predicted molar refractivity (Wildman–Crippen MR) is 75.6 cm³/mol. The summed E-state index contributed by atoms with van der Waals surface area (Å²) in [6, 6.07) is -0.138. The van der Waals surface area contributed by atoms with E-state index < -0.39 is 43.2 Å². The van der Waals surface area contributed by atoms with Crippen molar-refractivity contribution in [3.05, 3.63) is 35.4 Å². The van der Waals surface area contributed by atoms with Crippen molar-refractivity contribution in [3.8, 4) is 0 Å². The number of nitrogens with one attached hydrogen (secondary N) is 1. The Morgan fingerprint density at radius 2 is 1.69 bits per heavy atom. The monoisotopic (exact) mass is 392 g/mol. The molecule has 0 amide bonds. The van der Waals surface area contributed by atoms with Crippen LogP contribution in [0.1, 0.15) is 17.2 Å². The van der Waals surface area contributed by atoms with E-state index in [2.05, 4.69) is 10.1 Å². The molecule has 0 aliphatic carbocycles. The van der Waals surface area contributed by atoms with Crippen LogP contribution in [0.25, 0.3) is 0 Å². The van der Waals surface area contributed by atoms with Gasteiger partial charge in [-0.3, -0.25) is 4.90 Å². The van der Waals surface area contributed by atoms with E-state index >= 15 is 0 Å². The Bertz CT molecular complexity index is 572. The zero-order valence-electron chi connectivity index (χ0n) is 13.2. The van der Waals surface area contributed by atoms with Crippen LogP contribution < -0.4 is 5.32 Å². The molecule has 0 radical (unpaired) electrons. The lowest BCUT2D eigenvalue weighted by molar-refractivity contribution is -0.192. The van der Waals surface area contributed by atoms with Crippen LogP contribution in [0.4, 0.5) is 35.1 Å². The van der Waals surface area contributed by atoms with E-state index in [1.165, 1.54) is 0 Å².